The summed E-state index contributed by atoms with van der Waals surface area (Å²) in [4.78, 5) is 17.6. The maximum absolute atomic E-state index is 11.2. The SMILES string of the molecule is CCN(CC)CCCC(C)Nc1nc(Cl)ccc1C(=O)O. The van der Waals surface area contributed by atoms with Crippen molar-refractivity contribution in [2.75, 3.05) is 25.0 Å². The van der Waals surface area contributed by atoms with E-state index in [4.69, 9.17) is 16.7 Å². The maximum atomic E-state index is 11.2. The molecule has 0 spiro atoms. The zero-order valence-electron chi connectivity index (χ0n) is 12.9. The fraction of sp³-hybridized carbons (Fsp3) is 0.600. The molecule has 118 valence electrons. The third-order valence-electron chi connectivity index (χ3n) is 3.48. The van der Waals surface area contributed by atoms with Gasteiger partial charge in [-0.05, 0) is 51.5 Å². The number of nitrogens with zero attached hydrogens (tertiary/aromatic N) is 2. The highest BCUT2D eigenvalue weighted by Gasteiger charge is 2.14. The van der Waals surface area contributed by atoms with Gasteiger partial charge in [0.25, 0.3) is 0 Å². The van der Waals surface area contributed by atoms with E-state index in [0.29, 0.717) is 5.82 Å². The van der Waals surface area contributed by atoms with Crippen LogP contribution in [0.4, 0.5) is 5.82 Å². The summed E-state index contributed by atoms with van der Waals surface area (Å²) in [5, 5.41) is 12.6. The minimum absolute atomic E-state index is 0.143. The van der Waals surface area contributed by atoms with E-state index >= 15 is 0 Å². The number of pyridine rings is 1. The molecule has 6 heteroatoms. The molecule has 0 radical (unpaired) electrons. The average molecular weight is 314 g/mol. The van der Waals surface area contributed by atoms with Gasteiger partial charge in [-0.15, -0.1) is 0 Å². The van der Waals surface area contributed by atoms with Crippen LogP contribution in [0.3, 0.4) is 0 Å². The zero-order valence-corrected chi connectivity index (χ0v) is 13.7. The smallest absolute Gasteiger partial charge is 0.339 e. The number of rotatable bonds is 9. The monoisotopic (exact) mass is 313 g/mol. The van der Waals surface area contributed by atoms with Gasteiger partial charge in [0.1, 0.15) is 16.5 Å². The third-order valence-corrected chi connectivity index (χ3v) is 3.69. The van der Waals surface area contributed by atoms with Gasteiger partial charge in [-0.1, -0.05) is 25.4 Å². The molecule has 1 aromatic rings. The molecule has 0 bridgehead atoms. The first-order valence-corrected chi connectivity index (χ1v) is 7.74. The van der Waals surface area contributed by atoms with Crippen LogP contribution in [0.25, 0.3) is 0 Å². The molecular formula is C15H24ClN3O2. The van der Waals surface area contributed by atoms with Crippen LogP contribution in [0.1, 0.15) is 44.0 Å². The van der Waals surface area contributed by atoms with Crippen LogP contribution >= 0.6 is 11.6 Å². The Bertz CT molecular complexity index is 464. The van der Waals surface area contributed by atoms with Gasteiger partial charge < -0.3 is 15.3 Å². The second-order valence-electron chi connectivity index (χ2n) is 5.05. The van der Waals surface area contributed by atoms with Crippen molar-refractivity contribution < 1.29 is 9.90 Å². The van der Waals surface area contributed by atoms with Crippen molar-refractivity contribution in [3.8, 4) is 0 Å². The van der Waals surface area contributed by atoms with Crippen molar-refractivity contribution in [1.29, 1.82) is 0 Å². The molecule has 1 rings (SSSR count). The lowest BCUT2D eigenvalue weighted by Crippen LogP contribution is -2.26. The van der Waals surface area contributed by atoms with Gasteiger partial charge in [-0.3, -0.25) is 0 Å². The first-order valence-electron chi connectivity index (χ1n) is 7.36. The minimum Gasteiger partial charge on any atom is -0.478 e. The molecule has 0 amide bonds. The Labute approximate surface area is 131 Å². The largest absolute Gasteiger partial charge is 0.478 e. The lowest BCUT2D eigenvalue weighted by Gasteiger charge is -2.20. The second-order valence-corrected chi connectivity index (χ2v) is 5.44. The molecule has 1 atom stereocenters. The van der Waals surface area contributed by atoms with Crippen LogP contribution in [0, 0.1) is 0 Å². The number of hydrogen-bond donors (Lipinski definition) is 2. The number of carboxylic acids is 1. The molecule has 1 aromatic heterocycles. The number of halogens is 1. The summed E-state index contributed by atoms with van der Waals surface area (Å²) in [6, 6.07) is 3.11. The molecule has 0 saturated carbocycles. The normalized spacial score (nSPS) is 12.4. The molecule has 21 heavy (non-hydrogen) atoms. The van der Waals surface area contributed by atoms with Gasteiger partial charge in [0.05, 0.1) is 0 Å². The highest BCUT2D eigenvalue weighted by molar-refractivity contribution is 6.29. The Hall–Kier alpha value is -1.33. The molecule has 2 N–H and O–H groups in total. The van der Waals surface area contributed by atoms with Crippen molar-refractivity contribution in [3.05, 3.63) is 22.8 Å². The molecule has 0 aromatic carbocycles. The van der Waals surface area contributed by atoms with Crippen molar-refractivity contribution >= 4 is 23.4 Å². The van der Waals surface area contributed by atoms with Crippen LogP contribution in [0.5, 0.6) is 0 Å². The Kier molecular flexibility index (Phi) is 7.47. The van der Waals surface area contributed by atoms with Gasteiger partial charge in [-0.2, -0.15) is 0 Å². The number of aromatic nitrogens is 1. The fourth-order valence-corrected chi connectivity index (χ4v) is 2.33. The van der Waals surface area contributed by atoms with E-state index in [0.717, 1.165) is 32.5 Å². The van der Waals surface area contributed by atoms with Crippen molar-refractivity contribution in [2.45, 2.75) is 39.7 Å². The molecule has 0 fully saturated rings. The molecule has 1 unspecified atom stereocenters. The van der Waals surface area contributed by atoms with E-state index in [1.165, 1.54) is 12.1 Å². The zero-order chi connectivity index (χ0) is 15.8. The standard InChI is InChI=1S/C15H24ClN3O2/c1-4-19(5-2)10-6-7-11(3)17-14-12(15(20)21)8-9-13(16)18-14/h8-9,11H,4-7,10H2,1-3H3,(H,17,18)(H,20,21). The minimum atomic E-state index is -1.00. The summed E-state index contributed by atoms with van der Waals surface area (Å²) in [7, 11) is 0. The van der Waals surface area contributed by atoms with Crippen LogP contribution in [-0.4, -0.2) is 46.6 Å². The molecule has 0 aliphatic carbocycles. The van der Waals surface area contributed by atoms with Crippen molar-refractivity contribution in [2.24, 2.45) is 0 Å². The number of carboxylic acid groups (broad SMARTS) is 1. The van der Waals surface area contributed by atoms with E-state index < -0.39 is 5.97 Å². The Morgan fingerprint density at radius 3 is 2.67 bits per heavy atom. The second kappa shape index (κ2) is 8.85. The summed E-state index contributed by atoms with van der Waals surface area (Å²) in [5.41, 5.74) is 0.148. The number of carbonyl (C=O) groups is 1. The third kappa shape index (κ3) is 5.89. The highest BCUT2D eigenvalue weighted by atomic mass is 35.5. The van der Waals surface area contributed by atoms with E-state index in [2.05, 4.69) is 29.0 Å². The molecule has 0 aliphatic heterocycles. The van der Waals surface area contributed by atoms with Gasteiger partial charge in [0, 0.05) is 6.04 Å². The summed E-state index contributed by atoms with van der Waals surface area (Å²) < 4.78 is 0. The van der Waals surface area contributed by atoms with Crippen molar-refractivity contribution in [1.82, 2.24) is 9.88 Å². The fourth-order valence-electron chi connectivity index (χ4n) is 2.18. The molecule has 0 aliphatic rings. The summed E-state index contributed by atoms with van der Waals surface area (Å²) in [6.07, 6.45) is 2.00. The predicted octanol–water partition coefficient (Wildman–Crippen LogP) is 3.36. The Morgan fingerprint density at radius 2 is 2.10 bits per heavy atom. The van der Waals surface area contributed by atoms with Gasteiger partial charge in [-0.25, -0.2) is 9.78 Å². The van der Waals surface area contributed by atoms with E-state index in [1.807, 2.05) is 6.92 Å². The summed E-state index contributed by atoms with van der Waals surface area (Å²) in [6.45, 7) is 9.49. The van der Waals surface area contributed by atoms with Crippen molar-refractivity contribution in [3.63, 3.8) is 0 Å². The topological polar surface area (TPSA) is 65.5 Å². The Balaban J connectivity index is 2.56. The van der Waals surface area contributed by atoms with Gasteiger partial charge in [0.15, 0.2) is 0 Å². The quantitative estimate of drug-likeness (QED) is 0.684. The van der Waals surface area contributed by atoms with Crippen LogP contribution < -0.4 is 5.32 Å². The maximum Gasteiger partial charge on any atom is 0.339 e. The Morgan fingerprint density at radius 1 is 1.43 bits per heavy atom. The first-order chi connectivity index (χ1) is 9.97. The van der Waals surface area contributed by atoms with Gasteiger partial charge >= 0.3 is 5.97 Å². The number of anilines is 1. The lowest BCUT2D eigenvalue weighted by atomic mass is 10.1. The van der Waals surface area contributed by atoms with Crippen LogP contribution in [-0.2, 0) is 0 Å². The summed E-state index contributed by atoms with van der Waals surface area (Å²) >= 11 is 5.84. The number of hydrogen-bond acceptors (Lipinski definition) is 4. The number of aromatic carboxylic acids is 1. The summed E-state index contributed by atoms with van der Waals surface area (Å²) in [5.74, 6) is -0.664. The lowest BCUT2D eigenvalue weighted by molar-refractivity contribution is 0.0697. The molecule has 5 nitrogen and oxygen atoms in total. The van der Waals surface area contributed by atoms with Crippen LogP contribution in [0.15, 0.2) is 12.1 Å². The average Bonchev–Trinajstić information content (AvgIpc) is 2.43. The first kappa shape index (κ1) is 17.7. The molecule has 1 heterocycles. The highest BCUT2D eigenvalue weighted by Crippen LogP contribution is 2.18. The van der Waals surface area contributed by atoms with E-state index in [-0.39, 0.29) is 16.8 Å². The van der Waals surface area contributed by atoms with E-state index in [9.17, 15) is 4.79 Å². The van der Waals surface area contributed by atoms with Crippen LogP contribution in [0.2, 0.25) is 5.15 Å². The van der Waals surface area contributed by atoms with E-state index in [1.54, 1.807) is 0 Å². The predicted molar refractivity (Wildman–Crippen MR) is 86.3 cm³/mol. The molecular weight excluding hydrogens is 290 g/mol. The van der Waals surface area contributed by atoms with Gasteiger partial charge in [0.2, 0.25) is 0 Å². The number of nitrogens with one attached hydrogen (secondary N) is 1. The molecule has 0 saturated heterocycles.